The van der Waals surface area contributed by atoms with Crippen LogP contribution in [-0.2, 0) is 4.79 Å². The maximum Gasteiger partial charge on any atom is 0.260 e. The summed E-state index contributed by atoms with van der Waals surface area (Å²) >= 11 is 0. The second kappa shape index (κ2) is 9.64. The first-order valence-electron chi connectivity index (χ1n) is 8.80. The molecule has 2 aromatic carbocycles. The highest BCUT2D eigenvalue weighted by atomic mass is 35.5. The van der Waals surface area contributed by atoms with Crippen molar-refractivity contribution in [2.45, 2.75) is 19.3 Å². The molecule has 1 fully saturated rings. The predicted molar refractivity (Wildman–Crippen MR) is 105 cm³/mol. The minimum Gasteiger partial charge on any atom is -0.484 e. The van der Waals surface area contributed by atoms with Crippen LogP contribution < -0.4 is 10.1 Å². The lowest BCUT2D eigenvalue weighted by atomic mass is 9.93. The van der Waals surface area contributed by atoms with Gasteiger partial charge in [-0.15, -0.1) is 12.4 Å². The number of amides is 1. The van der Waals surface area contributed by atoms with Crippen molar-refractivity contribution >= 4 is 29.1 Å². The van der Waals surface area contributed by atoms with Gasteiger partial charge >= 0.3 is 0 Å². The third kappa shape index (κ3) is 5.35. The average molecular weight is 363 g/mol. The molecule has 1 aliphatic rings. The van der Waals surface area contributed by atoms with E-state index in [1.165, 1.54) is 11.8 Å². The number of nitrogens with zero attached hydrogens (tertiary/aromatic N) is 1. The molecular formula is C20H27ClN2O2. The highest BCUT2D eigenvalue weighted by Gasteiger charge is 2.22. The Morgan fingerprint density at radius 1 is 1.16 bits per heavy atom. The number of ether oxygens (including phenoxy) is 1. The Hall–Kier alpha value is -1.78. The van der Waals surface area contributed by atoms with Crippen LogP contribution in [0.15, 0.2) is 42.5 Å². The zero-order valence-electron chi connectivity index (χ0n) is 14.7. The summed E-state index contributed by atoms with van der Waals surface area (Å²) in [6.07, 6.45) is 3.40. The third-order valence-corrected chi connectivity index (χ3v) is 4.85. The number of carbonyl (C=O) groups excluding carboxylic acids is 1. The van der Waals surface area contributed by atoms with Crippen LogP contribution >= 0.6 is 12.4 Å². The first-order valence-corrected chi connectivity index (χ1v) is 8.80. The van der Waals surface area contributed by atoms with Crippen LogP contribution in [0.3, 0.4) is 0 Å². The zero-order chi connectivity index (χ0) is 16.8. The van der Waals surface area contributed by atoms with E-state index in [-0.39, 0.29) is 24.9 Å². The lowest BCUT2D eigenvalue weighted by molar-refractivity contribution is -0.134. The van der Waals surface area contributed by atoms with Crippen LogP contribution in [-0.4, -0.2) is 44.1 Å². The molecule has 0 aliphatic carbocycles. The van der Waals surface area contributed by atoms with Gasteiger partial charge in [0, 0.05) is 13.1 Å². The van der Waals surface area contributed by atoms with E-state index in [1.807, 2.05) is 42.3 Å². The van der Waals surface area contributed by atoms with E-state index in [4.69, 9.17) is 4.74 Å². The molecule has 1 amide bonds. The molecule has 0 atom stereocenters. The van der Waals surface area contributed by atoms with Crippen LogP contribution in [0.2, 0.25) is 0 Å². The minimum atomic E-state index is 0. The first kappa shape index (κ1) is 19.5. The second-order valence-corrected chi connectivity index (χ2v) is 6.51. The molecule has 1 heterocycles. The standard InChI is InChI=1S/C20H26N2O2.ClH/c1-21-11-8-16-9-12-22(13-10-16)20(23)15-24-19-7-6-17-4-2-3-5-18(17)14-19;/h2-7,14,16,21H,8-13,15H2,1H3;1H. The Balaban J connectivity index is 0.00000225. The largest absolute Gasteiger partial charge is 0.484 e. The van der Waals surface area contributed by atoms with E-state index < -0.39 is 0 Å². The van der Waals surface area contributed by atoms with Crippen molar-refractivity contribution in [2.75, 3.05) is 33.3 Å². The summed E-state index contributed by atoms with van der Waals surface area (Å²) in [6.45, 7) is 2.89. The number of piperidine rings is 1. The van der Waals surface area contributed by atoms with Crippen LogP contribution in [0.4, 0.5) is 0 Å². The van der Waals surface area contributed by atoms with E-state index in [1.54, 1.807) is 0 Å². The van der Waals surface area contributed by atoms with Crippen molar-refractivity contribution < 1.29 is 9.53 Å². The fraction of sp³-hybridized carbons (Fsp3) is 0.450. The molecule has 0 aromatic heterocycles. The van der Waals surface area contributed by atoms with Crippen molar-refractivity contribution in [3.05, 3.63) is 42.5 Å². The molecule has 0 unspecified atom stereocenters. The van der Waals surface area contributed by atoms with Gasteiger partial charge in [-0.25, -0.2) is 0 Å². The maximum absolute atomic E-state index is 12.3. The first-order chi connectivity index (χ1) is 11.8. The van der Waals surface area contributed by atoms with Gasteiger partial charge < -0.3 is 15.0 Å². The molecule has 0 bridgehead atoms. The van der Waals surface area contributed by atoms with Gasteiger partial charge in [0.2, 0.25) is 0 Å². The molecule has 1 saturated heterocycles. The molecule has 1 aliphatic heterocycles. The molecule has 136 valence electrons. The second-order valence-electron chi connectivity index (χ2n) is 6.51. The van der Waals surface area contributed by atoms with E-state index in [0.29, 0.717) is 0 Å². The van der Waals surface area contributed by atoms with E-state index in [9.17, 15) is 4.79 Å². The normalized spacial score (nSPS) is 15.0. The summed E-state index contributed by atoms with van der Waals surface area (Å²) in [4.78, 5) is 14.3. The van der Waals surface area contributed by atoms with E-state index >= 15 is 0 Å². The number of hydrogen-bond donors (Lipinski definition) is 1. The topological polar surface area (TPSA) is 41.6 Å². The number of halogens is 1. The Morgan fingerprint density at radius 2 is 1.88 bits per heavy atom. The number of benzene rings is 2. The Labute approximate surface area is 155 Å². The maximum atomic E-state index is 12.3. The molecule has 0 spiro atoms. The zero-order valence-corrected chi connectivity index (χ0v) is 15.6. The SMILES string of the molecule is CNCCC1CCN(C(=O)COc2ccc3ccccc3c2)CC1.Cl. The number of hydrogen-bond acceptors (Lipinski definition) is 3. The van der Waals surface area contributed by atoms with E-state index in [2.05, 4.69) is 17.4 Å². The van der Waals surface area contributed by atoms with Crippen molar-refractivity contribution in [2.24, 2.45) is 5.92 Å². The Morgan fingerprint density at radius 3 is 2.60 bits per heavy atom. The smallest absolute Gasteiger partial charge is 0.260 e. The van der Waals surface area contributed by atoms with Crippen molar-refractivity contribution in [1.29, 1.82) is 0 Å². The van der Waals surface area contributed by atoms with Gasteiger partial charge in [0.1, 0.15) is 5.75 Å². The predicted octanol–water partition coefficient (Wildman–Crippen LogP) is 3.49. The fourth-order valence-corrected chi connectivity index (χ4v) is 3.31. The third-order valence-electron chi connectivity index (χ3n) is 4.85. The Bertz CT molecular complexity index is 684. The molecule has 5 heteroatoms. The number of fused-ring (bicyclic) bond motifs is 1. The summed E-state index contributed by atoms with van der Waals surface area (Å²) in [7, 11) is 1.99. The van der Waals surface area contributed by atoms with Gasteiger partial charge in [0.05, 0.1) is 0 Å². The average Bonchev–Trinajstić information content (AvgIpc) is 2.64. The quantitative estimate of drug-likeness (QED) is 0.855. The highest BCUT2D eigenvalue weighted by molar-refractivity contribution is 5.85. The molecule has 25 heavy (non-hydrogen) atoms. The fourth-order valence-electron chi connectivity index (χ4n) is 3.31. The van der Waals surface area contributed by atoms with Gasteiger partial charge in [-0.1, -0.05) is 30.3 Å². The number of likely N-dealkylation sites (tertiary alicyclic amines) is 1. The summed E-state index contributed by atoms with van der Waals surface area (Å²) < 4.78 is 5.72. The van der Waals surface area contributed by atoms with Crippen LogP contribution in [0.5, 0.6) is 5.75 Å². The highest BCUT2D eigenvalue weighted by Crippen LogP contribution is 2.22. The van der Waals surface area contributed by atoms with Gasteiger partial charge in [-0.05, 0) is 61.7 Å². The van der Waals surface area contributed by atoms with E-state index in [0.717, 1.165) is 49.5 Å². The summed E-state index contributed by atoms with van der Waals surface area (Å²) in [5.41, 5.74) is 0. The lowest BCUT2D eigenvalue weighted by Crippen LogP contribution is -2.41. The van der Waals surface area contributed by atoms with Gasteiger partial charge in [-0.3, -0.25) is 4.79 Å². The molecule has 4 nitrogen and oxygen atoms in total. The number of nitrogens with one attached hydrogen (secondary N) is 1. The van der Waals surface area contributed by atoms with Crippen LogP contribution in [0, 0.1) is 5.92 Å². The van der Waals surface area contributed by atoms with Gasteiger partial charge in [-0.2, -0.15) is 0 Å². The van der Waals surface area contributed by atoms with Crippen molar-refractivity contribution in [3.8, 4) is 5.75 Å². The molecular weight excluding hydrogens is 336 g/mol. The van der Waals surface area contributed by atoms with Gasteiger partial charge in [0.15, 0.2) is 6.61 Å². The van der Waals surface area contributed by atoms with Crippen LogP contribution in [0.25, 0.3) is 10.8 Å². The van der Waals surface area contributed by atoms with Crippen LogP contribution in [0.1, 0.15) is 19.3 Å². The number of carbonyl (C=O) groups is 1. The Kier molecular flexibility index (Phi) is 7.53. The molecule has 2 aromatic rings. The molecule has 0 radical (unpaired) electrons. The summed E-state index contributed by atoms with van der Waals surface area (Å²) in [6, 6.07) is 14.1. The van der Waals surface area contributed by atoms with Crippen molar-refractivity contribution in [3.63, 3.8) is 0 Å². The summed E-state index contributed by atoms with van der Waals surface area (Å²) in [5.74, 6) is 1.59. The molecule has 3 rings (SSSR count). The number of rotatable bonds is 6. The van der Waals surface area contributed by atoms with Gasteiger partial charge in [0.25, 0.3) is 5.91 Å². The monoisotopic (exact) mass is 362 g/mol. The summed E-state index contributed by atoms with van der Waals surface area (Å²) in [5, 5.41) is 5.51. The molecule has 0 saturated carbocycles. The lowest BCUT2D eigenvalue weighted by Gasteiger charge is -2.32. The van der Waals surface area contributed by atoms with Crippen molar-refractivity contribution in [1.82, 2.24) is 10.2 Å². The minimum absolute atomic E-state index is 0. The molecule has 1 N–H and O–H groups in total.